The van der Waals surface area contributed by atoms with Gasteiger partial charge in [-0.1, -0.05) is 42.5 Å². The molecule has 41 heavy (non-hydrogen) atoms. The number of hydrogen-bond acceptors (Lipinski definition) is 7. The van der Waals surface area contributed by atoms with Crippen LogP contribution in [-0.2, 0) is 14.3 Å². The first kappa shape index (κ1) is 28.8. The number of nitrogens with one attached hydrogen (secondary N) is 2. The predicted molar refractivity (Wildman–Crippen MR) is 159 cm³/mol. The van der Waals surface area contributed by atoms with Crippen molar-refractivity contribution < 1.29 is 29.0 Å². The molecule has 0 saturated heterocycles. The molecule has 210 valence electrons. The Kier molecular flexibility index (Phi) is 9.34. The number of para-hydroxylation sites is 2. The van der Waals surface area contributed by atoms with E-state index < -0.39 is 24.2 Å². The molecule has 0 fully saturated rings. The van der Waals surface area contributed by atoms with E-state index in [4.69, 9.17) is 15.2 Å². The van der Waals surface area contributed by atoms with E-state index in [1.54, 1.807) is 79.7 Å². The van der Waals surface area contributed by atoms with Crippen LogP contribution in [0.5, 0.6) is 5.75 Å². The van der Waals surface area contributed by atoms with E-state index in [-0.39, 0.29) is 18.1 Å². The van der Waals surface area contributed by atoms with Crippen LogP contribution in [-0.4, -0.2) is 35.6 Å². The van der Waals surface area contributed by atoms with Gasteiger partial charge in [-0.15, -0.1) is 0 Å². The Bertz CT molecular complexity index is 1580. The number of phenols is 1. The first-order chi connectivity index (χ1) is 19.8. The molecule has 0 heterocycles. The fourth-order valence-electron chi connectivity index (χ4n) is 4.32. The van der Waals surface area contributed by atoms with Gasteiger partial charge in [-0.05, 0) is 67.8 Å². The Hall–Kier alpha value is -5.15. The third-order valence-corrected chi connectivity index (χ3v) is 6.33. The molecule has 0 saturated carbocycles. The van der Waals surface area contributed by atoms with Crippen molar-refractivity contribution in [2.75, 3.05) is 23.0 Å². The second-order valence-corrected chi connectivity index (χ2v) is 9.16. The summed E-state index contributed by atoms with van der Waals surface area (Å²) >= 11 is 0. The molecule has 2 atom stereocenters. The fraction of sp³-hybridized carbons (Fsp3) is 0.156. The Morgan fingerprint density at radius 2 is 1.59 bits per heavy atom. The van der Waals surface area contributed by atoms with Crippen LogP contribution in [0.15, 0.2) is 97.1 Å². The number of anilines is 3. The highest BCUT2D eigenvalue weighted by atomic mass is 16.6. The van der Waals surface area contributed by atoms with Gasteiger partial charge in [-0.3, -0.25) is 14.9 Å². The minimum Gasteiger partial charge on any atom is -0.507 e. The molecule has 0 unspecified atom stereocenters. The molecule has 9 heteroatoms. The molecule has 0 aromatic heterocycles. The average Bonchev–Trinajstić information content (AvgIpc) is 2.96. The van der Waals surface area contributed by atoms with Gasteiger partial charge in [0.1, 0.15) is 11.9 Å². The minimum absolute atomic E-state index is 0.0708. The van der Waals surface area contributed by atoms with Crippen LogP contribution in [0, 0.1) is 0 Å². The highest BCUT2D eigenvalue weighted by molar-refractivity contribution is 6.01. The van der Waals surface area contributed by atoms with Gasteiger partial charge in [-0.2, -0.15) is 0 Å². The highest BCUT2D eigenvalue weighted by Crippen LogP contribution is 2.35. The number of hydrogen-bond donors (Lipinski definition) is 4. The molecule has 2 amide bonds. The summed E-state index contributed by atoms with van der Waals surface area (Å²) < 4.78 is 11.9. The number of ether oxygens (including phenoxy) is 2. The topological polar surface area (TPSA) is 140 Å². The summed E-state index contributed by atoms with van der Waals surface area (Å²) in [4.78, 5) is 37.5. The first-order valence-corrected chi connectivity index (χ1v) is 13.0. The molecule has 0 spiro atoms. The third-order valence-electron chi connectivity index (χ3n) is 6.33. The summed E-state index contributed by atoms with van der Waals surface area (Å²) in [6.07, 6.45) is 0.145. The summed E-state index contributed by atoms with van der Waals surface area (Å²) in [5, 5.41) is 17.1. The second-order valence-electron chi connectivity index (χ2n) is 9.16. The number of Topliss-reactive ketones (excluding diaryl/α,β-unsaturated/α-hetero) is 1. The van der Waals surface area contributed by atoms with E-state index in [9.17, 15) is 19.5 Å². The molecule has 0 bridgehead atoms. The molecule has 5 N–H and O–H groups in total. The number of benzene rings is 4. The fourth-order valence-corrected chi connectivity index (χ4v) is 4.32. The number of rotatable bonds is 10. The number of aromatic hydroxyl groups is 1. The lowest BCUT2D eigenvalue weighted by atomic mass is 9.96. The second kappa shape index (κ2) is 13.3. The van der Waals surface area contributed by atoms with Crippen molar-refractivity contribution in [2.24, 2.45) is 0 Å². The molecule has 0 radical (unpaired) electrons. The van der Waals surface area contributed by atoms with Crippen LogP contribution in [0.1, 0.15) is 35.9 Å². The average molecular weight is 554 g/mol. The normalized spacial score (nSPS) is 12.5. The SMILES string of the molecule is CCO[C@H](/C=C/C(=O)Nc1ccccc1N)[C@H](OC(=O)Nc1ccc(C(C)=O)cc1)c1ccc(O)c2ccccc12. The lowest BCUT2D eigenvalue weighted by Crippen LogP contribution is -2.28. The van der Waals surface area contributed by atoms with Gasteiger partial charge < -0.3 is 25.6 Å². The third kappa shape index (κ3) is 7.28. The number of nitrogen functional groups attached to an aromatic ring is 1. The van der Waals surface area contributed by atoms with E-state index in [0.29, 0.717) is 39.0 Å². The van der Waals surface area contributed by atoms with Crippen molar-refractivity contribution in [1.29, 1.82) is 0 Å². The van der Waals surface area contributed by atoms with Crippen LogP contribution < -0.4 is 16.4 Å². The van der Waals surface area contributed by atoms with Crippen LogP contribution in [0.3, 0.4) is 0 Å². The van der Waals surface area contributed by atoms with Gasteiger partial charge in [0.25, 0.3) is 0 Å². The molecular weight excluding hydrogens is 522 g/mol. The smallest absolute Gasteiger partial charge is 0.412 e. The van der Waals surface area contributed by atoms with E-state index in [0.717, 1.165) is 0 Å². The van der Waals surface area contributed by atoms with Crippen molar-refractivity contribution >= 4 is 45.6 Å². The Morgan fingerprint density at radius 3 is 2.27 bits per heavy atom. The van der Waals surface area contributed by atoms with Crippen molar-refractivity contribution in [3.63, 3.8) is 0 Å². The number of carbonyl (C=O) groups excluding carboxylic acids is 3. The molecule has 0 aliphatic rings. The molecule has 4 rings (SSSR count). The highest BCUT2D eigenvalue weighted by Gasteiger charge is 2.28. The minimum atomic E-state index is -1.01. The van der Waals surface area contributed by atoms with Crippen LogP contribution >= 0.6 is 0 Å². The summed E-state index contributed by atoms with van der Waals surface area (Å²) in [7, 11) is 0. The van der Waals surface area contributed by atoms with Gasteiger partial charge in [0.05, 0.1) is 11.4 Å². The summed E-state index contributed by atoms with van der Waals surface area (Å²) in [5.74, 6) is -0.470. The van der Waals surface area contributed by atoms with Crippen LogP contribution in [0.4, 0.5) is 21.9 Å². The molecule has 4 aromatic rings. The number of ketones is 1. The zero-order chi connectivity index (χ0) is 29.4. The van der Waals surface area contributed by atoms with Gasteiger partial charge in [-0.25, -0.2) is 4.79 Å². The standard InChI is InChI=1S/C32H31N3O6/c1-3-40-29(18-19-30(38)35-27-11-7-6-10-26(27)33)31(25-16-17-28(37)24-9-5-4-8-23(24)25)41-32(39)34-22-14-12-21(13-15-22)20(2)36/h4-19,29,31,37H,3,33H2,1-2H3,(H,34,39)(H,35,38)/b19-18+/t29-,31-/m1/s1. The monoisotopic (exact) mass is 553 g/mol. The zero-order valence-corrected chi connectivity index (χ0v) is 22.7. The maximum absolute atomic E-state index is 13.1. The van der Waals surface area contributed by atoms with E-state index in [2.05, 4.69) is 10.6 Å². The van der Waals surface area contributed by atoms with Crippen molar-refractivity contribution in [3.05, 3.63) is 108 Å². The van der Waals surface area contributed by atoms with Crippen molar-refractivity contribution in [3.8, 4) is 5.75 Å². The summed E-state index contributed by atoms with van der Waals surface area (Å²) in [5.41, 5.74) is 8.32. The van der Waals surface area contributed by atoms with E-state index in [1.807, 2.05) is 6.07 Å². The maximum Gasteiger partial charge on any atom is 0.412 e. The Labute approximate surface area is 237 Å². The van der Waals surface area contributed by atoms with E-state index in [1.165, 1.54) is 25.1 Å². The van der Waals surface area contributed by atoms with Gasteiger partial charge >= 0.3 is 6.09 Å². The van der Waals surface area contributed by atoms with Crippen molar-refractivity contribution in [1.82, 2.24) is 0 Å². The lowest BCUT2D eigenvalue weighted by Gasteiger charge is -2.26. The number of phenolic OH excluding ortho intramolecular Hbond substituents is 1. The zero-order valence-electron chi connectivity index (χ0n) is 22.7. The summed E-state index contributed by atoms with van der Waals surface area (Å²) in [6.45, 7) is 3.50. The van der Waals surface area contributed by atoms with E-state index >= 15 is 0 Å². The lowest BCUT2D eigenvalue weighted by molar-refractivity contribution is -0.112. The molecular formula is C32H31N3O6. The maximum atomic E-state index is 13.1. The number of fused-ring (bicyclic) bond motifs is 1. The Morgan fingerprint density at radius 1 is 0.902 bits per heavy atom. The number of nitrogens with two attached hydrogens (primary N) is 1. The largest absolute Gasteiger partial charge is 0.507 e. The van der Waals surface area contributed by atoms with Crippen LogP contribution in [0.25, 0.3) is 10.8 Å². The Balaban J connectivity index is 1.65. The van der Waals surface area contributed by atoms with Gasteiger partial charge in [0.2, 0.25) is 5.91 Å². The number of carbonyl (C=O) groups is 3. The predicted octanol–water partition coefficient (Wildman–Crippen LogP) is 6.22. The quantitative estimate of drug-likeness (QED) is 0.104. The van der Waals surface area contributed by atoms with Gasteiger partial charge in [0, 0.05) is 34.9 Å². The van der Waals surface area contributed by atoms with Crippen molar-refractivity contribution in [2.45, 2.75) is 26.1 Å². The molecule has 0 aliphatic carbocycles. The summed E-state index contributed by atoms with van der Waals surface area (Å²) in [6, 6.07) is 23.6. The number of amides is 2. The molecule has 0 aliphatic heterocycles. The molecule has 4 aromatic carbocycles. The van der Waals surface area contributed by atoms with Gasteiger partial charge in [0.15, 0.2) is 11.9 Å². The molecule has 9 nitrogen and oxygen atoms in total. The first-order valence-electron chi connectivity index (χ1n) is 13.0. The van der Waals surface area contributed by atoms with Crippen LogP contribution in [0.2, 0.25) is 0 Å².